The number of carbonyl (C=O) groups is 2. The van der Waals surface area contributed by atoms with E-state index in [2.05, 4.69) is 34.8 Å². The number of rotatable bonds is 4. The number of hydrogen-bond acceptors (Lipinski definition) is 7. The number of benzene rings is 2. The van der Waals surface area contributed by atoms with E-state index in [1.165, 1.54) is 12.0 Å². The van der Waals surface area contributed by atoms with Gasteiger partial charge in [-0.2, -0.15) is 0 Å². The van der Waals surface area contributed by atoms with Gasteiger partial charge in [0.05, 0.1) is 29.8 Å². The van der Waals surface area contributed by atoms with Crippen molar-refractivity contribution in [2.75, 3.05) is 12.0 Å². The van der Waals surface area contributed by atoms with Crippen LogP contribution in [0, 0.1) is 6.92 Å². The van der Waals surface area contributed by atoms with Gasteiger partial charge in [-0.3, -0.25) is 14.5 Å². The zero-order chi connectivity index (χ0) is 25.0. The highest BCUT2D eigenvalue weighted by Gasteiger charge is 2.45. The van der Waals surface area contributed by atoms with Crippen LogP contribution in [0.2, 0.25) is 0 Å². The molecule has 1 atom stereocenters. The summed E-state index contributed by atoms with van der Waals surface area (Å²) in [6.07, 6.45) is 0. The molecule has 0 aliphatic carbocycles. The molecule has 1 unspecified atom stereocenters. The maximum Gasteiger partial charge on any atom is 0.350 e. The lowest BCUT2D eigenvalue weighted by Crippen LogP contribution is -2.29. The van der Waals surface area contributed by atoms with E-state index in [0.29, 0.717) is 32.6 Å². The summed E-state index contributed by atoms with van der Waals surface area (Å²) in [5.74, 6) is -0.702. The topological polar surface area (TPSA) is 89.7 Å². The molecule has 7 nitrogen and oxygen atoms in total. The molecular formula is C26H21BrN2O5S. The van der Waals surface area contributed by atoms with Gasteiger partial charge in [0, 0.05) is 4.47 Å². The first-order chi connectivity index (χ1) is 16.7. The van der Waals surface area contributed by atoms with E-state index in [0.717, 1.165) is 26.9 Å². The van der Waals surface area contributed by atoms with Crippen molar-refractivity contribution in [3.8, 4) is 0 Å². The van der Waals surface area contributed by atoms with Crippen LogP contribution in [-0.2, 0) is 4.74 Å². The number of nitrogens with zero attached hydrogens (tertiary/aromatic N) is 2. The predicted octanol–water partition coefficient (Wildman–Crippen LogP) is 5.98. The second-order valence-corrected chi connectivity index (χ2v) is 10.5. The molecule has 1 aliphatic rings. The van der Waals surface area contributed by atoms with Crippen LogP contribution in [0.15, 0.2) is 56.1 Å². The number of hydrogen-bond donors (Lipinski definition) is 0. The quantitative estimate of drug-likeness (QED) is 0.289. The van der Waals surface area contributed by atoms with Crippen LogP contribution in [0.4, 0.5) is 5.13 Å². The zero-order valence-corrected chi connectivity index (χ0v) is 21.8. The smallest absolute Gasteiger partial charge is 0.350 e. The Morgan fingerprint density at radius 3 is 2.54 bits per heavy atom. The summed E-state index contributed by atoms with van der Waals surface area (Å²) >= 11 is 4.46. The van der Waals surface area contributed by atoms with Gasteiger partial charge in [-0.15, -0.1) is 0 Å². The standard InChI is InChI=1S/C26H21BrN2O5S/c1-12(2)14-5-7-15(8-6-14)20-19-21(30)17-11-16(27)9-10-18(17)34-22(19)24(31)29(20)26-28-13(3)23(35-26)25(32)33-4/h5-12,20H,1-4H3. The number of amides is 1. The Kier molecular flexibility index (Phi) is 5.85. The predicted molar refractivity (Wildman–Crippen MR) is 138 cm³/mol. The van der Waals surface area contributed by atoms with Gasteiger partial charge in [0.25, 0.3) is 5.91 Å². The normalized spacial score (nSPS) is 15.2. The van der Waals surface area contributed by atoms with E-state index in [-0.39, 0.29) is 16.8 Å². The molecule has 0 spiro atoms. The number of thiazole rings is 1. The summed E-state index contributed by atoms with van der Waals surface area (Å²) in [7, 11) is 1.30. The molecule has 3 heterocycles. The summed E-state index contributed by atoms with van der Waals surface area (Å²) in [5.41, 5.74) is 2.63. The van der Waals surface area contributed by atoms with Gasteiger partial charge >= 0.3 is 5.97 Å². The summed E-state index contributed by atoms with van der Waals surface area (Å²) < 4.78 is 11.6. The minimum atomic E-state index is -0.755. The molecule has 4 aromatic rings. The monoisotopic (exact) mass is 552 g/mol. The van der Waals surface area contributed by atoms with E-state index in [4.69, 9.17) is 9.15 Å². The first kappa shape index (κ1) is 23.4. The maximum absolute atomic E-state index is 13.7. The van der Waals surface area contributed by atoms with Crippen LogP contribution in [0.3, 0.4) is 0 Å². The number of carbonyl (C=O) groups excluding carboxylic acids is 2. The number of esters is 1. The van der Waals surface area contributed by atoms with Crippen molar-refractivity contribution in [2.24, 2.45) is 0 Å². The van der Waals surface area contributed by atoms with Gasteiger partial charge < -0.3 is 9.15 Å². The molecule has 178 valence electrons. The lowest BCUT2D eigenvalue weighted by atomic mass is 9.95. The van der Waals surface area contributed by atoms with Gasteiger partial charge in [-0.1, -0.05) is 65.4 Å². The first-order valence-electron chi connectivity index (χ1n) is 11.0. The fourth-order valence-corrected chi connectivity index (χ4v) is 5.66. The van der Waals surface area contributed by atoms with Crippen molar-refractivity contribution in [1.82, 2.24) is 4.98 Å². The Hall–Kier alpha value is -3.30. The summed E-state index contributed by atoms with van der Waals surface area (Å²) in [6, 6.07) is 12.2. The number of ether oxygens (including phenoxy) is 1. The number of halogens is 1. The van der Waals surface area contributed by atoms with Gasteiger partial charge in [-0.25, -0.2) is 9.78 Å². The Morgan fingerprint density at radius 2 is 1.89 bits per heavy atom. The van der Waals surface area contributed by atoms with Crippen molar-refractivity contribution in [2.45, 2.75) is 32.7 Å². The second-order valence-electron chi connectivity index (χ2n) is 8.62. The van der Waals surface area contributed by atoms with Gasteiger partial charge in [0.2, 0.25) is 5.76 Å². The molecule has 5 rings (SSSR count). The molecule has 0 N–H and O–H groups in total. The number of fused-ring (bicyclic) bond motifs is 2. The minimum absolute atomic E-state index is 0.0183. The Balaban J connectivity index is 1.76. The van der Waals surface area contributed by atoms with Gasteiger partial charge in [0.1, 0.15) is 10.5 Å². The Bertz CT molecular complexity index is 1550. The van der Waals surface area contributed by atoms with Crippen molar-refractivity contribution < 1.29 is 18.7 Å². The van der Waals surface area contributed by atoms with E-state index >= 15 is 0 Å². The van der Waals surface area contributed by atoms with Crippen LogP contribution >= 0.6 is 27.3 Å². The third kappa shape index (κ3) is 3.79. The fraction of sp³-hybridized carbons (Fsp3) is 0.231. The number of aryl methyl sites for hydroxylation is 1. The molecule has 0 radical (unpaired) electrons. The molecule has 35 heavy (non-hydrogen) atoms. The van der Waals surface area contributed by atoms with Gasteiger partial charge in [0.15, 0.2) is 10.6 Å². The molecule has 1 amide bonds. The molecule has 2 aromatic carbocycles. The molecule has 0 saturated carbocycles. The van der Waals surface area contributed by atoms with Crippen molar-refractivity contribution in [1.29, 1.82) is 0 Å². The molecule has 1 aliphatic heterocycles. The highest BCUT2D eigenvalue weighted by atomic mass is 79.9. The molecule has 2 aromatic heterocycles. The van der Waals surface area contributed by atoms with Crippen LogP contribution in [0.5, 0.6) is 0 Å². The molecule has 0 fully saturated rings. The third-order valence-corrected chi connectivity index (χ3v) is 7.74. The number of methoxy groups -OCH3 is 1. The average Bonchev–Trinajstić information content (AvgIpc) is 3.36. The Morgan fingerprint density at radius 1 is 1.17 bits per heavy atom. The first-order valence-corrected chi connectivity index (χ1v) is 12.6. The summed E-state index contributed by atoms with van der Waals surface area (Å²) in [5, 5.41) is 0.670. The Labute approximate surface area is 213 Å². The molecule has 0 bridgehead atoms. The highest BCUT2D eigenvalue weighted by Crippen LogP contribution is 2.43. The van der Waals surface area contributed by atoms with Crippen molar-refractivity contribution in [3.63, 3.8) is 0 Å². The van der Waals surface area contributed by atoms with Crippen molar-refractivity contribution >= 4 is 55.2 Å². The fourth-order valence-electron chi connectivity index (χ4n) is 4.29. The SMILES string of the molecule is COC(=O)c1sc(N2C(=O)c3oc4ccc(Br)cc4c(=O)c3C2c2ccc(C(C)C)cc2)nc1C. The lowest BCUT2D eigenvalue weighted by molar-refractivity contribution is 0.0605. The molecular weight excluding hydrogens is 532 g/mol. The van der Waals surface area contributed by atoms with E-state index in [1.807, 2.05) is 24.3 Å². The molecule has 9 heteroatoms. The zero-order valence-electron chi connectivity index (χ0n) is 19.4. The maximum atomic E-state index is 13.7. The van der Waals surface area contributed by atoms with Gasteiger partial charge in [-0.05, 0) is 42.2 Å². The lowest BCUT2D eigenvalue weighted by Gasteiger charge is -2.23. The second kappa shape index (κ2) is 8.73. The molecule has 0 saturated heterocycles. The number of aromatic nitrogens is 1. The third-order valence-electron chi connectivity index (χ3n) is 6.11. The van der Waals surface area contributed by atoms with Crippen LogP contribution in [-0.4, -0.2) is 24.0 Å². The van der Waals surface area contributed by atoms with Crippen LogP contribution in [0.1, 0.15) is 68.4 Å². The largest absolute Gasteiger partial charge is 0.465 e. The van der Waals surface area contributed by atoms with E-state index < -0.39 is 17.9 Å². The average molecular weight is 553 g/mol. The minimum Gasteiger partial charge on any atom is -0.465 e. The van der Waals surface area contributed by atoms with Crippen LogP contribution in [0.25, 0.3) is 11.0 Å². The van der Waals surface area contributed by atoms with Crippen LogP contribution < -0.4 is 10.3 Å². The van der Waals surface area contributed by atoms with E-state index in [1.54, 1.807) is 25.1 Å². The summed E-state index contributed by atoms with van der Waals surface area (Å²) in [4.78, 5) is 45.9. The highest BCUT2D eigenvalue weighted by molar-refractivity contribution is 9.10. The summed E-state index contributed by atoms with van der Waals surface area (Å²) in [6.45, 7) is 5.88. The van der Waals surface area contributed by atoms with E-state index in [9.17, 15) is 14.4 Å². The number of anilines is 1. The van der Waals surface area contributed by atoms with Crippen molar-refractivity contribution in [3.05, 3.63) is 90.2 Å².